The monoisotopic (exact) mass is 448 g/mol. The molecule has 10 heteroatoms. The van der Waals surface area contributed by atoms with Crippen molar-refractivity contribution in [1.82, 2.24) is 24.6 Å². The first-order chi connectivity index (χ1) is 15.9. The number of halogens is 1. The summed E-state index contributed by atoms with van der Waals surface area (Å²) < 4.78 is 16.8. The van der Waals surface area contributed by atoms with Gasteiger partial charge in [-0.05, 0) is 30.3 Å². The lowest BCUT2D eigenvalue weighted by molar-refractivity contribution is -0.114. The molecule has 2 aromatic carbocycles. The molecule has 0 atom stereocenters. The van der Waals surface area contributed by atoms with Gasteiger partial charge in [0.15, 0.2) is 5.65 Å². The number of carbonyl (C=O) groups excluding carboxylic acids is 2. The number of rotatable bonds is 7. The number of anilines is 1. The Hall–Kier alpha value is -4.34. The predicted octanol–water partition coefficient (Wildman–Crippen LogP) is 2.17. The first kappa shape index (κ1) is 21.9. The van der Waals surface area contributed by atoms with E-state index >= 15 is 0 Å². The molecule has 0 saturated heterocycles. The number of nitrogens with one attached hydrogen (secondary N) is 2. The standard InChI is InChI=1S/C23H21FN6O3/c1-15(31)28-18-8-6-16(7-9-18)22(32)25-10-11-30-21-19(12-27-30)23(33)29(14-26-21)13-17-4-2-3-5-20(17)24/h2-9,12,14H,10-11,13H2,1H3,(H,25,32)(H,28,31). The summed E-state index contributed by atoms with van der Waals surface area (Å²) in [6, 6.07) is 12.8. The van der Waals surface area contributed by atoms with Crippen LogP contribution in [0.15, 0.2) is 65.8 Å². The Kier molecular flexibility index (Phi) is 6.25. The highest BCUT2D eigenvalue weighted by Gasteiger charge is 2.12. The highest BCUT2D eigenvalue weighted by Crippen LogP contribution is 2.11. The fourth-order valence-corrected chi connectivity index (χ4v) is 3.37. The molecule has 2 amide bonds. The van der Waals surface area contributed by atoms with Crippen molar-refractivity contribution in [2.45, 2.75) is 20.0 Å². The Labute approximate surface area is 187 Å². The topological polar surface area (TPSA) is 111 Å². The van der Waals surface area contributed by atoms with Gasteiger partial charge in [0.25, 0.3) is 11.5 Å². The van der Waals surface area contributed by atoms with Crippen LogP contribution < -0.4 is 16.2 Å². The Morgan fingerprint density at radius 1 is 1.09 bits per heavy atom. The summed E-state index contributed by atoms with van der Waals surface area (Å²) in [7, 11) is 0. The molecule has 0 spiro atoms. The van der Waals surface area contributed by atoms with Gasteiger partial charge in [0.05, 0.1) is 19.3 Å². The minimum atomic E-state index is -0.388. The van der Waals surface area contributed by atoms with Crippen LogP contribution in [0.25, 0.3) is 11.0 Å². The number of hydrogen-bond donors (Lipinski definition) is 2. The van der Waals surface area contributed by atoms with E-state index in [1.165, 1.54) is 34.8 Å². The van der Waals surface area contributed by atoms with Gasteiger partial charge in [-0.25, -0.2) is 14.1 Å². The Morgan fingerprint density at radius 2 is 1.85 bits per heavy atom. The average Bonchev–Trinajstić information content (AvgIpc) is 3.21. The maximum Gasteiger partial charge on any atom is 0.264 e. The van der Waals surface area contributed by atoms with Crippen LogP contribution in [0.1, 0.15) is 22.8 Å². The van der Waals surface area contributed by atoms with E-state index in [0.29, 0.717) is 34.4 Å². The van der Waals surface area contributed by atoms with Crippen LogP contribution in [-0.2, 0) is 17.9 Å². The number of fused-ring (bicyclic) bond motifs is 1. The molecule has 0 aliphatic heterocycles. The second kappa shape index (κ2) is 9.43. The van der Waals surface area contributed by atoms with Crippen LogP contribution in [0.4, 0.5) is 10.1 Å². The maximum atomic E-state index is 13.9. The normalized spacial score (nSPS) is 10.8. The number of hydrogen-bond acceptors (Lipinski definition) is 5. The van der Waals surface area contributed by atoms with Crippen molar-refractivity contribution in [3.8, 4) is 0 Å². The van der Waals surface area contributed by atoms with E-state index in [-0.39, 0.29) is 36.3 Å². The lowest BCUT2D eigenvalue weighted by Crippen LogP contribution is -2.27. The highest BCUT2D eigenvalue weighted by atomic mass is 19.1. The molecule has 2 N–H and O–H groups in total. The summed E-state index contributed by atoms with van der Waals surface area (Å²) in [5.41, 5.74) is 1.51. The summed E-state index contributed by atoms with van der Waals surface area (Å²) in [6.45, 7) is 2.05. The van der Waals surface area contributed by atoms with Crippen LogP contribution in [-0.4, -0.2) is 37.7 Å². The number of aromatic nitrogens is 4. The highest BCUT2D eigenvalue weighted by molar-refractivity contribution is 5.95. The molecule has 4 aromatic rings. The van der Waals surface area contributed by atoms with E-state index in [1.807, 2.05) is 0 Å². The third-order valence-corrected chi connectivity index (χ3v) is 5.00. The van der Waals surface area contributed by atoms with Crippen LogP contribution in [0.3, 0.4) is 0 Å². The molecule has 33 heavy (non-hydrogen) atoms. The van der Waals surface area contributed by atoms with Crippen molar-refractivity contribution in [1.29, 1.82) is 0 Å². The minimum Gasteiger partial charge on any atom is -0.350 e. The van der Waals surface area contributed by atoms with Crippen molar-refractivity contribution in [2.75, 3.05) is 11.9 Å². The molecule has 9 nitrogen and oxygen atoms in total. The van der Waals surface area contributed by atoms with E-state index < -0.39 is 0 Å². The van der Waals surface area contributed by atoms with Crippen LogP contribution in [0.2, 0.25) is 0 Å². The summed E-state index contributed by atoms with van der Waals surface area (Å²) in [5, 5.41) is 9.95. The Bertz CT molecular complexity index is 1380. The van der Waals surface area contributed by atoms with Crippen LogP contribution in [0.5, 0.6) is 0 Å². The number of nitrogens with zero attached hydrogens (tertiary/aromatic N) is 4. The number of carbonyl (C=O) groups is 2. The van der Waals surface area contributed by atoms with Gasteiger partial charge in [0.2, 0.25) is 5.91 Å². The molecule has 0 fully saturated rings. The number of amides is 2. The van der Waals surface area contributed by atoms with E-state index in [2.05, 4.69) is 20.7 Å². The Balaban J connectivity index is 1.41. The molecule has 2 heterocycles. The first-order valence-electron chi connectivity index (χ1n) is 10.2. The SMILES string of the molecule is CC(=O)Nc1ccc(C(=O)NCCn2ncc3c(=O)n(Cc4ccccc4F)cnc32)cc1. The van der Waals surface area contributed by atoms with Gasteiger partial charge in [-0.3, -0.25) is 19.0 Å². The molecule has 0 saturated carbocycles. The van der Waals surface area contributed by atoms with Crippen molar-refractivity contribution < 1.29 is 14.0 Å². The van der Waals surface area contributed by atoms with E-state index in [4.69, 9.17) is 0 Å². The van der Waals surface area contributed by atoms with Crippen molar-refractivity contribution in [3.63, 3.8) is 0 Å². The summed E-state index contributed by atoms with van der Waals surface area (Å²) in [6.07, 6.45) is 2.79. The molecule has 2 aromatic heterocycles. The molecule has 0 bridgehead atoms. The fourth-order valence-electron chi connectivity index (χ4n) is 3.37. The van der Waals surface area contributed by atoms with Gasteiger partial charge in [0.1, 0.15) is 17.5 Å². The van der Waals surface area contributed by atoms with Gasteiger partial charge in [0, 0.05) is 30.3 Å². The molecule has 0 aliphatic rings. The molecular formula is C23H21FN6O3. The van der Waals surface area contributed by atoms with Crippen molar-refractivity contribution in [3.05, 3.63) is 88.4 Å². The molecule has 0 unspecified atom stereocenters. The zero-order valence-electron chi connectivity index (χ0n) is 17.8. The minimum absolute atomic E-state index is 0.0659. The molecule has 4 rings (SSSR count). The average molecular weight is 448 g/mol. The van der Waals surface area contributed by atoms with E-state index in [0.717, 1.165) is 0 Å². The third kappa shape index (κ3) is 4.95. The van der Waals surface area contributed by atoms with Crippen LogP contribution >= 0.6 is 0 Å². The van der Waals surface area contributed by atoms with E-state index in [9.17, 15) is 18.8 Å². The summed E-state index contributed by atoms with van der Waals surface area (Å²) in [5.74, 6) is -0.854. The van der Waals surface area contributed by atoms with Crippen LogP contribution in [0, 0.1) is 5.82 Å². The van der Waals surface area contributed by atoms with E-state index in [1.54, 1.807) is 42.5 Å². The largest absolute Gasteiger partial charge is 0.350 e. The molecule has 0 aliphatic carbocycles. The van der Waals surface area contributed by atoms with Gasteiger partial charge >= 0.3 is 0 Å². The second-order valence-corrected chi connectivity index (χ2v) is 7.39. The quantitative estimate of drug-likeness (QED) is 0.450. The third-order valence-electron chi connectivity index (χ3n) is 5.00. The molecular weight excluding hydrogens is 427 g/mol. The van der Waals surface area contributed by atoms with Crippen molar-refractivity contribution >= 4 is 28.5 Å². The second-order valence-electron chi connectivity index (χ2n) is 7.39. The van der Waals surface area contributed by atoms with Gasteiger partial charge in [-0.2, -0.15) is 5.10 Å². The number of benzene rings is 2. The molecule has 0 radical (unpaired) electrons. The zero-order valence-corrected chi connectivity index (χ0v) is 17.8. The van der Waals surface area contributed by atoms with Gasteiger partial charge in [-0.1, -0.05) is 18.2 Å². The van der Waals surface area contributed by atoms with Gasteiger partial charge < -0.3 is 10.6 Å². The van der Waals surface area contributed by atoms with Crippen molar-refractivity contribution in [2.24, 2.45) is 0 Å². The zero-order chi connectivity index (χ0) is 23.4. The fraction of sp³-hybridized carbons (Fsp3) is 0.174. The van der Waals surface area contributed by atoms with Gasteiger partial charge in [-0.15, -0.1) is 0 Å². The maximum absolute atomic E-state index is 13.9. The smallest absolute Gasteiger partial charge is 0.264 e. The predicted molar refractivity (Wildman–Crippen MR) is 120 cm³/mol. The first-order valence-corrected chi connectivity index (χ1v) is 10.2. The Morgan fingerprint density at radius 3 is 2.58 bits per heavy atom. The summed E-state index contributed by atoms with van der Waals surface area (Å²) in [4.78, 5) is 40.5. The summed E-state index contributed by atoms with van der Waals surface area (Å²) >= 11 is 0. The lowest BCUT2D eigenvalue weighted by atomic mass is 10.2. The lowest BCUT2D eigenvalue weighted by Gasteiger charge is -2.08. The molecule has 168 valence electrons.